The predicted molar refractivity (Wildman–Crippen MR) is 99.5 cm³/mol. The molecule has 0 saturated carbocycles. The predicted octanol–water partition coefficient (Wildman–Crippen LogP) is 3.96. The first-order chi connectivity index (χ1) is 12.0. The van der Waals surface area contributed by atoms with Crippen LogP contribution in [0.25, 0.3) is 0 Å². The Hall–Kier alpha value is -2.40. The van der Waals surface area contributed by atoms with Gasteiger partial charge in [-0.05, 0) is 48.8 Å². The molecule has 4 nitrogen and oxygen atoms in total. The molecule has 0 aromatic heterocycles. The van der Waals surface area contributed by atoms with Gasteiger partial charge in [-0.3, -0.25) is 9.79 Å². The molecule has 25 heavy (non-hydrogen) atoms. The first kappa shape index (κ1) is 17.4. The second-order valence-corrected chi connectivity index (χ2v) is 6.40. The Kier molecular flexibility index (Phi) is 5.34. The molecule has 3 rings (SSSR count). The van der Waals surface area contributed by atoms with Crippen molar-refractivity contribution in [1.29, 1.82) is 0 Å². The molecule has 1 aromatic carbocycles. The van der Waals surface area contributed by atoms with E-state index in [0.717, 1.165) is 24.2 Å². The van der Waals surface area contributed by atoms with Gasteiger partial charge >= 0.3 is 0 Å². The number of allylic oxidation sites excluding steroid dienone is 4. The molecule has 2 aliphatic rings. The summed E-state index contributed by atoms with van der Waals surface area (Å²) in [5.74, 6) is -0.680. The van der Waals surface area contributed by atoms with Crippen LogP contribution in [-0.4, -0.2) is 36.7 Å². The number of nitrogens with one attached hydrogen (secondary N) is 1. The minimum Gasteiger partial charge on any atom is -0.358 e. The normalized spacial score (nSPS) is 16.9. The molecule has 0 spiro atoms. The van der Waals surface area contributed by atoms with Crippen LogP contribution in [0.4, 0.5) is 10.1 Å². The molecule has 1 amide bonds. The number of benzene rings is 1. The van der Waals surface area contributed by atoms with Crippen molar-refractivity contribution < 1.29 is 9.18 Å². The highest BCUT2D eigenvalue weighted by atomic mass is 35.5. The molecule has 0 aliphatic carbocycles. The standard InChI is InChI=1S/C19H19ClFN3O/c1-13-3-2-10-24(19(13)14-6-8-22-9-7-14)12-18(25)23-15-4-5-17(21)16(20)11-15/h2-6,8,11H,7,9-10,12H2,1H3,(H,23,25). The summed E-state index contributed by atoms with van der Waals surface area (Å²) >= 11 is 5.76. The molecule has 2 aliphatic heterocycles. The molecule has 0 atom stereocenters. The molecule has 130 valence electrons. The third-order valence-corrected chi connectivity index (χ3v) is 4.41. The van der Waals surface area contributed by atoms with Crippen LogP contribution in [0.2, 0.25) is 5.02 Å². The van der Waals surface area contributed by atoms with E-state index >= 15 is 0 Å². The largest absolute Gasteiger partial charge is 0.358 e. The van der Waals surface area contributed by atoms with E-state index in [1.54, 1.807) is 0 Å². The van der Waals surface area contributed by atoms with Gasteiger partial charge in [-0.25, -0.2) is 4.39 Å². The Morgan fingerprint density at radius 2 is 2.28 bits per heavy atom. The minimum atomic E-state index is -0.507. The van der Waals surface area contributed by atoms with E-state index in [1.165, 1.54) is 23.8 Å². The molecular formula is C19H19ClFN3O. The summed E-state index contributed by atoms with van der Waals surface area (Å²) in [6.45, 7) is 3.68. The van der Waals surface area contributed by atoms with Crippen molar-refractivity contribution in [3.05, 3.63) is 64.1 Å². The van der Waals surface area contributed by atoms with Gasteiger partial charge in [0.25, 0.3) is 0 Å². The van der Waals surface area contributed by atoms with E-state index in [0.29, 0.717) is 12.2 Å². The van der Waals surface area contributed by atoms with Gasteiger partial charge in [0.05, 0.1) is 11.6 Å². The maximum Gasteiger partial charge on any atom is 0.243 e. The monoisotopic (exact) mass is 359 g/mol. The molecule has 0 bridgehead atoms. The highest BCUT2D eigenvalue weighted by Gasteiger charge is 2.21. The van der Waals surface area contributed by atoms with Crippen LogP contribution >= 0.6 is 11.6 Å². The lowest BCUT2D eigenvalue weighted by molar-refractivity contribution is -0.116. The Morgan fingerprint density at radius 3 is 3.00 bits per heavy atom. The topological polar surface area (TPSA) is 44.7 Å². The molecule has 1 aromatic rings. The second kappa shape index (κ2) is 7.66. The SMILES string of the molecule is CC1=C(C2=CC=NCC2)N(CC(=O)Nc2ccc(F)c(Cl)c2)CC=C1. The van der Waals surface area contributed by atoms with E-state index in [9.17, 15) is 9.18 Å². The van der Waals surface area contributed by atoms with Gasteiger partial charge < -0.3 is 10.2 Å². The van der Waals surface area contributed by atoms with E-state index < -0.39 is 5.82 Å². The van der Waals surface area contributed by atoms with Crippen molar-refractivity contribution in [2.75, 3.05) is 25.0 Å². The summed E-state index contributed by atoms with van der Waals surface area (Å²) in [7, 11) is 0. The molecule has 0 fully saturated rings. The third kappa shape index (κ3) is 4.17. The van der Waals surface area contributed by atoms with Crippen LogP contribution in [0.15, 0.2) is 58.3 Å². The molecule has 0 saturated heterocycles. The summed E-state index contributed by atoms with van der Waals surface area (Å²) < 4.78 is 13.2. The lowest BCUT2D eigenvalue weighted by Gasteiger charge is -2.31. The van der Waals surface area contributed by atoms with E-state index in [1.807, 2.05) is 30.2 Å². The lowest BCUT2D eigenvalue weighted by Crippen LogP contribution is -2.35. The maximum absolute atomic E-state index is 13.2. The highest BCUT2D eigenvalue weighted by molar-refractivity contribution is 6.31. The van der Waals surface area contributed by atoms with Gasteiger partial charge in [0.15, 0.2) is 0 Å². The lowest BCUT2D eigenvalue weighted by atomic mass is 9.99. The van der Waals surface area contributed by atoms with Gasteiger partial charge in [0, 0.05) is 30.7 Å². The van der Waals surface area contributed by atoms with Crippen molar-refractivity contribution in [3.8, 4) is 0 Å². The van der Waals surface area contributed by atoms with Gasteiger partial charge in [-0.2, -0.15) is 0 Å². The van der Waals surface area contributed by atoms with Crippen LogP contribution in [0.5, 0.6) is 0 Å². The van der Waals surface area contributed by atoms with E-state index in [4.69, 9.17) is 11.6 Å². The van der Waals surface area contributed by atoms with Crippen molar-refractivity contribution >= 4 is 29.4 Å². The van der Waals surface area contributed by atoms with Gasteiger partial charge in [-0.15, -0.1) is 0 Å². The highest BCUT2D eigenvalue weighted by Crippen LogP contribution is 2.27. The summed E-state index contributed by atoms with van der Waals surface area (Å²) in [6.07, 6.45) is 8.81. The summed E-state index contributed by atoms with van der Waals surface area (Å²) in [4.78, 5) is 18.7. The van der Waals surface area contributed by atoms with E-state index in [-0.39, 0.29) is 17.5 Å². The van der Waals surface area contributed by atoms with Gasteiger partial charge in [0.1, 0.15) is 5.82 Å². The minimum absolute atomic E-state index is 0.0122. The zero-order valence-electron chi connectivity index (χ0n) is 13.9. The summed E-state index contributed by atoms with van der Waals surface area (Å²) in [6, 6.07) is 4.15. The Balaban J connectivity index is 1.73. The van der Waals surface area contributed by atoms with Gasteiger partial charge in [-0.1, -0.05) is 23.8 Å². The van der Waals surface area contributed by atoms with Crippen molar-refractivity contribution in [2.24, 2.45) is 4.99 Å². The van der Waals surface area contributed by atoms with Crippen molar-refractivity contribution in [2.45, 2.75) is 13.3 Å². The zero-order chi connectivity index (χ0) is 17.8. The molecule has 2 heterocycles. The second-order valence-electron chi connectivity index (χ2n) is 5.99. The summed E-state index contributed by atoms with van der Waals surface area (Å²) in [5.41, 5.74) is 3.89. The molecule has 0 unspecified atom stereocenters. The van der Waals surface area contributed by atoms with Crippen molar-refractivity contribution in [3.63, 3.8) is 0 Å². The van der Waals surface area contributed by atoms with E-state index in [2.05, 4.69) is 16.4 Å². The number of anilines is 1. The smallest absolute Gasteiger partial charge is 0.243 e. The number of carbonyl (C=O) groups is 1. The van der Waals surface area contributed by atoms with Crippen LogP contribution in [0.3, 0.4) is 0 Å². The van der Waals surface area contributed by atoms with Crippen molar-refractivity contribution in [1.82, 2.24) is 4.90 Å². The average Bonchev–Trinajstić information content (AvgIpc) is 2.59. The molecular weight excluding hydrogens is 341 g/mol. The first-order valence-electron chi connectivity index (χ1n) is 8.11. The Labute approximate surface area is 151 Å². The first-order valence-corrected chi connectivity index (χ1v) is 8.49. The van der Waals surface area contributed by atoms with Crippen LogP contribution in [0.1, 0.15) is 13.3 Å². The summed E-state index contributed by atoms with van der Waals surface area (Å²) in [5, 5.41) is 2.76. The average molecular weight is 360 g/mol. The zero-order valence-corrected chi connectivity index (χ0v) is 14.7. The number of hydrogen-bond acceptors (Lipinski definition) is 3. The molecule has 6 heteroatoms. The fourth-order valence-electron chi connectivity index (χ4n) is 3.01. The number of nitrogens with zero attached hydrogens (tertiary/aromatic N) is 2. The number of amides is 1. The maximum atomic E-state index is 13.2. The number of aliphatic imine (C=N–C) groups is 1. The number of halogens is 2. The third-order valence-electron chi connectivity index (χ3n) is 4.12. The number of rotatable bonds is 4. The number of hydrogen-bond donors (Lipinski definition) is 1. The van der Waals surface area contributed by atoms with Crippen LogP contribution < -0.4 is 5.32 Å². The van der Waals surface area contributed by atoms with Crippen LogP contribution in [-0.2, 0) is 4.79 Å². The number of dihydropyridines is 1. The molecule has 0 radical (unpaired) electrons. The van der Waals surface area contributed by atoms with Crippen LogP contribution in [0, 0.1) is 5.82 Å². The Morgan fingerprint density at radius 1 is 1.44 bits per heavy atom. The molecule has 1 N–H and O–H groups in total. The fraction of sp³-hybridized carbons (Fsp3) is 0.263. The fourth-order valence-corrected chi connectivity index (χ4v) is 3.19. The quantitative estimate of drug-likeness (QED) is 0.884. The number of carbonyl (C=O) groups excluding carboxylic acids is 1. The van der Waals surface area contributed by atoms with Gasteiger partial charge in [0.2, 0.25) is 5.91 Å². The Bertz CT molecular complexity index is 811.